The van der Waals surface area contributed by atoms with E-state index in [1.165, 1.54) is 62.0 Å². The lowest BCUT2D eigenvalue weighted by Gasteiger charge is -2.25. The van der Waals surface area contributed by atoms with Gasteiger partial charge in [0.1, 0.15) is 0 Å². The molecule has 2 nitrogen and oxygen atoms in total. The number of anilines is 1. The van der Waals surface area contributed by atoms with Gasteiger partial charge in [-0.05, 0) is 42.7 Å². The molecule has 1 fully saturated rings. The minimum Gasteiger partial charge on any atom is -0.396 e. The first-order valence-electron chi connectivity index (χ1n) is 7.35. The van der Waals surface area contributed by atoms with E-state index in [-0.39, 0.29) is 6.61 Å². The van der Waals surface area contributed by atoms with Crippen LogP contribution in [0, 0.1) is 5.92 Å². The van der Waals surface area contributed by atoms with Crippen LogP contribution in [0.15, 0.2) is 18.2 Å². The third kappa shape index (κ3) is 2.26. The van der Waals surface area contributed by atoms with Crippen molar-refractivity contribution in [1.82, 2.24) is 0 Å². The minimum atomic E-state index is 0.258. The second-order valence-corrected chi connectivity index (χ2v) is 5.74. The summed E-state index contributed by atoms with van der Waals surface area (Å²) in [6, 6.07) is 6.58. The summed E-state index contributed by atoms with van der Waals surface area (Å²) in [4.78, 5) is 2.58. The second-order valence-electron chi connectivity index (χ2n) is 5.74. The van der Waals surface area contributed by atoms with Gasteiger partial charge in [0.25, 0.3) is 0 Å². The number of aliphatic hydroxyl groups excluding tert-OH is 1. The highest BCUT2D eigenvalue weighted by Crippen LogP contribution is 2.35. The molecule has 0 unspecified atom stereocenters. The molecule has 0 saturated heterocycles. The molecule has 0 aromatic heterocycles. The summed E-state index contributed by atoms with van der Waals surface area (Å²) >= 11 is 0. The number of benzene rings is 1. The Morgan fingerprint density at radius 2 is 2.06 bits per heavy atom. The van der Waals surface area contributed by atoms with Crippen molar-refractivity contribution in [3.05, 3.63) is 29.3 Å². The molecule has 0 spiro atoms. The third-order valence-corrected chi connectivity index (χ3v) is 4.50. The molecule has 1 heterocycles. The standard InChI is InChI=1S/C16H23NO/c18-11-9-15-7-3-6-14-8-10-17(16(14)15)12-13-4-1-2-5-13/h3,6-7,13,18H,1-2,4-5,8-12H2. The third-order valence-electron chi connectivity index (χ3n) is 4.50. The molecular formula is C16H23NO. The average Bonchev–Trinajstić information content (AvgIpc) is 3.01. The summed E-state index contributed by atoms with van der Waals surface area (Å²) in [6.07, 6.45) is 7.64. The number of rotatable bonds is 4. The zero-order chi connectivity index (χ0) is 12.4. The van der Waals surface area contributed by atoms with E-state index in [9.17, 15) is 5.11 Å². The van der Waals surface area contributed by atoms with Gasteiger partial charge in [0.2, 0.25) is 0 Å². The van der Waals surface area contributed by atoms with Gasteiger partial charge < -0.3 is 10.0 Å². The molecule has 1 aromatic carbocycles. The largest absolute Gasteiger partial charge is 0.396 e. The Morgan fingerprint density at radius 3 is 2.83 bits per heavy atom. The van der Waals surface area contributed by atoms with Crippen molar-refractivity contribution in [2.45, 2.75) is 38.5 Å². The normalized spacial score (nSPS) is 19.5. The van der Waals surface area contributed by atoms with Crippen LogP contribution in [0.3, 0.4) is 0 Å². The molecule has 0 amide bonds. The summed E-state index contributed by atoms with van der Waals surface area (Å²) in [5.41, 5.74) is 4.27. The fourth-order valence-electron chi connectivity index (χ4n) is 3.63. The van der Waals surface area contributed by atoms with Gasteiger partial charge in [0.15, 0.2) is 0 Å². The SMILES string of the molecule is OCCc1cccc2c1N(CC1CCCC1)CC2. The monoisotopic (exact) mass is 245 g/mol. The number of para-hydroxylation sites is 1. The first-order chi connectivity index (χ1) is 8.88. The Hall–Kier alpha value is -1.02. The molecule has 1 aliphatic heterocycles. The fourth-order valence-corrected chi connectivity index (χ4v) is 3.63. The predicted octanol–water partition coefficient (Wildman–Crippen LogP) is 2.77. The molecule has 1 aliphatic carbocycles. The second kappa shape index (κ2) is 5.31. The van der Waals surface area contributed by atoms with Gasteiger partial charge in [0, 0.05) is 25.4 Å². The van der Waals surface area contributed by atoms with E-state index in [0.717, 1.165) is 12.3 Å². The van der Waals surface area contributed by atoms with Crippen LogP contribution in [0.1, 0.15) is 36.8 Å². The predicted molar refractivity (Wildman–Crippen MR) is 75.1 cm³/mol. The van der Waals surface area contributed by atoms with Gasteiger partial charge in [0.05, 0.1) is 0 Å². The Kier molecular flexibility index (Phi) is 3.55. The molecule has 1 aromatic rings. The Labute approximate surface area is 110 Å². The summed E-state index contributed by atoms with van der Waals surface area (Å²) in [7, 11) is 0. The van der Waals surface area contributed by atoms with Gasteiger partial charge in [-0.1, -0.05) is 31.0 Å². The molecule has 2 aliphatic rings. The van der Waals surface area contributed by atoms with Gasteiger partial charge >= 0.3 is 0 Å². The number of nitrogens with zero attached hydrogens (tertiary/aromatic N) is 1. The van der Waals surface area contributed by atoms with Gasteiger partial charge in [-0.2, -0.15) is 0 Å². The van der Waals surface area contributed by atoms with Crippen molar-refractivity contribution in [2.75, 3.05) is 24.6 Å². The quantitative estimate of drug-likeness (QED) is 0.881. The van der Waals surface area contributed by atoms with E-state index in [0.29, 0.717) is 0 Å². The number of fused-ring (bicyclic) bond motifs is 1. The van der Waals surface area contributed by atoms with Crippen LogP contribution in [0.4, 0.5) is 5.69 Å². The van der Waals surface area contributed by atoms with Crippen molar-refractivity contribution in [3.8, 4) is 0 Å². The zero-order valence-corrected chi connectivity index (χ0v) is 11.1. The molecule has 0 bridgehead atoms. The average molecular weight is 245 g/mol. The molecule has 0 radical (unpaired) electrons. The smallest absolute Gasteiger partial charge is 0.0472 e. The highest BCUT2D eigenvalue weighted by atomic mass is 16.2. The lowest BCUT2D eigenvalue weighted by molar-refractivity contribution is 0.299. The number of hydrogen-bond acceptors (Lipinski definition) is 2. The first-order valence-corrected chi connectivity index (χ1v) is 7.35. The maximum atomic E-state index is 9.20. The van der Waals surface area contributed by atoms with Crippen molar-refractivity contribution in [1.29, 1.82) is 0 Å². The number of hydrogen-bond donors (Lipinski definition) is 1. The van der Waals surface area contributed by atoms with Crippen LogP contribution in [-0.4, -0.2) is 24.8 Å². The van der Waals surface area contributed by atoms with Crippen LogP contribution in [-0.2, 0) is 12.8 Å². The highest BCUT2D eigenvalue weighted by Gasteiger charge is 2.25. The van der Waals surface area contributed by atoms with Crippen LogP contribution in [0.5, 0.6) is 0 Å². The van der Waals surface area contributed by atoms with E-state index in [4.69, 9.17) is 0 Å². The van der Waals surface area contributed by atoms with E-state index in [1.807, 2.05) is 0 Å². The van der Waals surface area contributed by atoms with Crippen molar-refractivity contribution in [2.24, 2.45) is 5.92 Å². The van der Waals surface area contributed by atoms with E-state index in [1.54, 1.807) is 0 Å². The molecule has 3 rings (SSSR count). The Balaban J connectivity index is 1.80. The summed E-state index contributed by atoms with van der Waals surface area (Å²) in [5.74, 6) is 0.901. The Bertz CT molecular complexity index is 410. The maximum absolute atomic E-state index is 9.20. The molecule has 18 heavy (non-hydrogen) atoms. The van der Waals surface area contributed by atoms with E-state index in [2.05, 4.69) is 23.1 Å². The summed E-state index contributed by atoms with van der Waals surface area (Å²) in [5, 5.41) is 9.20. The van der Waals surface area contributed by atoms with Crippen LogP contribution in [0.2, 0.25) is 0 Å². The first kappa shape index (κ1) is 12.0. The van der Waals surface area contributed by atoms with Gasteiger partial charge in [-0.15, -0.1) is 0 Å². The maximum Gasteiger partial charge on any atom is 0.0472 e. The summed E-state index contributed by atoms with van der Waals surface area (Å²) < 4.78 is 0. The van der Waals surface area contributed by atoms with Crippen molar-refractivity contribution >= 4 is 5.69 Å². The lowest BCUT2D eigenvalue weighted by atomic mass is 10.0. The van der Waals surface area contributed by atoms with Gasteiger partial charge in [-0.25, -0.2) is 0 Å². The van der Waals surface area contributed by atoms with Crippen molar-refractivity contribution in [3.63, 3.8) is 0 Å². The lowest BCUT2D eigenvalue weighted by Crippen LogP contribution is -2.27. The number of aliphatic hydroxyl groups is 1. The molecule has 98 valence electrons. The summed E-state index contributed by atoms with van der Waals surface area (Å²) in [6.45, 7) is 2.66. The highest BCUT2D eigenvalue weighted by molar-refractivity contribution is 5.63. The Morgan fingerprint density at radius 1 is 1.22 bits per heavy atom. The molecule has 1 saturated carbocycles. The molecular weight excluding hydrogens is 222 g/mol. The van der Waals surface area contributed by atoms with Crippen LogP contribution < -0.4 is 4.90 Å². The topological polar surface area (TPSA) is 23.5 Å². The van der Waals surface area contributed by atoms with Crippen LogP contribution >= 0.6 is 0 Å². The molecule has 1 N–H and O–H groups in total. The minimum absolute atomic E-state index is 0.258. The van der Waals surface area contributed by atoms with Crippen molar-refractivity contribution < 1.29 is 5.11 Å². The zero-order valence-electron chi connectivity index (χ0n) is 11.1. The molecule has 0 atom stereocenters. The fraction of sp³-hybridized carbons (Fsp3) is 0.625. The van der Waals surface area contributed by atoms with Gasteiger partial charge in [-0.3, -0.25) is 0 Å². The molecule has 2 heteroatoms. The van der Waals surface area contributed by atoms with E-state index < -0.39 is 0 Å². The van der Waals surface area contributed by atoms with Crippen LogP contribution in [0.25, 0.3) is 0 Å². The van der Waals surface area contributed by atoms with E-state index >= 15 is 0 Å².